The van der Waals surface area contributed by atoms with E-state index in [1.54, 1.807) is 0 Å². The van der Waals surface area contributed by atoms with Gasteiger partial charge in [-0.25, -0.2) is 4.79 Å². The molecule has 3 atom stereocenters. The molecule has 16 heavy (non-hydrogen) atoms. The number of carbonyl (C=O) groups excluding carboxylic acids is 1. The van der Waals surface area contributed by atoms with Crippen molar-refractivity contribution in [3.63, 3.8) is 0 Å². The van der Waals surface area contributed by atoms with E-state index in [0.717, 1.165) is 19.1 Å². The lowest BCUT2D eigenvalue weighted by molar-refractivity contribution is 0.236. The lowest BCUT2D eigenvalue weighted by Crippen LogP contribution is -2.41. The highest BCUT2D eigenvalue weighted by Crippen LogP contribution is 2.32. The molecule has 92 valence electrons. The lowest BCUT2D eigenvalue weighted by Gasteiger charge is -2.20. The molecule has 2 fully saturated rings. The Kier molecular flexibility index (Phi) is 3.69. The Hall–Kier alpha value is -0.770. The second kappa shape index (κ2) is 5.04. The molecular weight excluding hydrogens is 202 g/mol. The van der Waals surface area contributed by atoms with Crippen molar-refractivity contribution in [2.45, 2.75) is 45.2 Å². The summed E-state index contributed by atoms with van der Waals surface area (Å²) in [6.07, 6.45) is 3.83. The predicted octanol–water partition coefficient (Wildman–Crippen LogP) is 1.08. The summed E-state index contributed by atoms with van der Waals surface area (Å²) in [7, 11) is 0. The smallest absolute Gasteiger partial charge is 0.314 e. The minimum Gasteiger partial charge on any atom is -0.338 e. The Morgan fingerprint density at radius 3 is 2.75 bits per heavy atom. The predicted molar refractivity (Wildman–Crippen MR) is 64.3 cm³/mol. The minimum atomic E-state index is -0.0172. The second-order valence-corrected chi connectivity index (χ2v) is 5.53. The highest BCUT2D eigenvalue weighted by molar-refractivity contribution is 5.73. The average Bonchev–Trinajstić information content (AvgIpc) is 2.84. The zero-order valence-corrected chi connectivity index (χ0v) is 10.3. The van der Waals surface area contributed by atoms with Gasteiger partial charge in [0.2, 0.25) is 0 Å². The van der Waals surface area contributed by atoms with Crippen molar-refractivity contribution < 1.29 is 4.79 Å². The lowest BCUT2D eigenvalue weighted by atomic mass is 9.89. The number of fused-ring (bicyclic) bond motifs is 2. The number of carbonyl (C=O) groups is 1. The van der Waals surface area contributed by atoms with Crippen molar-refractivity contribution in [1.82, 2.24) is 16.0 Å². The molecule has 0 radical (unpaired) electrons. The molecule has 2 heterocycles. The molecule has 2 bridgehead atoms. The van der Waals surface area contributed by atoms with Gasteiger partial charge in [0.05, 0.1) is 0 Å². The van der Waals surface area contributed by atoms with Crippen LogP contribution < -0.4 is 16.0 Å². The second-order valence-electron chi connectivity index (χ2n) is 5.53. The molecule has 4 heteroatoms. The fourth-order valence-corrected chi connectivity index (χ4v) is 2.75. The van der Waals surface area contributed by atoms with E-state index in [4.69, 9.17) is 0 Å². The maximum absolute atomic E-state index is 11.5. The third-order valence-electron chi connectivity index (χ3n) is 3.63. The van der Waals surface area contributed by atoms with Gasteiger partial charge in [0.15, 0.2) is 0 Å². The van der Waals surface area contributed by atoms with Gasteiger partial charge in [0.1, 0.15) is 0 Å². The van der Waals surface area contributed by atoms with Crippen LogP contribution in [0.25, 0.3) is 0 Å². The third kappa shape index (κ3) is 2.88. The van der Waals surface area contributed by atoms with Gasteiger partial charge in [0.25, 0.3) is 0 Å². The van der Waals surface area contributed by atoms with Crippen LogP contribution in [0, 0.1) is 11.8 Å². The maximum atomic E-state index is 11.5. The quantitative estimate of drug-likeness (QED) is 0.670. The summed E-state index contributed by atoms with van der Waals surface area (Å²) in [6, 6.07) is 1.35. The van der Waals surface area contributed by atoms with Gasteiger partial charge >= 0.3 is 6.03 Å². The molecule has 2 amide bonds. The van der Waals surface area contributed by atoms with Gasteiger partial charge in [-0.1, -0.05) is 13.8 Å². The largest absolute Gasteiger partial charge is 0.338 e. The van der Waals surface area contributed by atoms with Gasteiger partial charge in [-0.3, -0.25) is 0 Å². The van der Waals surface area contributed by atoms with Crippen molar-refractivity contribution >= 4 is 6.03 Å². The Bertz CT molecular complexity index is 255. The fraction of sp³-hybridized carbons (Fsp3) is 0.917. The molecule has 0 aromatic rings. The first-order valence-electron chi connectivity index (χ1n) is 6.43. The molecule has 2 rings (SSSR count). The summed E-state index contributed by atoms with van der Waals surface area (Å²) >= 11 is 0. The summed E-state index contributed by atoms with van der Waals surface area (Å²) in [4.78, 5) is 11.5. The molecule has 2 aliphatic rings. The minimum absolute atomic E-state index is 0.0172. The van der Waals surface area contributed by atoms with Crippen molar-refractivity contribution in [2.75, 3.05) is 13.1 Å². The summed E-state index contributed by atoms with van der Waals surface area (Å²) in [5.74, 6) is 1.15. The van der Waals surface area contributed by atoms with E-state index >= 15 is 0 Å². The molecule has 3 N–H and O–H groups in total. The molecule has 4 nitrogen and oxygen atoms in total. The Labute approximate surface area is 97.6 Å². The van der Waals surface area contributed by atoms with Crippen LogP contribution in [0.15, 0.2) is 0 Å². The van der Waals surface area contributed by atoms with E-state index in [1.165, 1.54) is 19.3 Å². The first-order chi connectivity index (χ1) is 7.65. The SMILES string of the molecule is CC(C)CNC(=O)NCC1CC2CCC1N2. The van der Waals surface area contributed by atoms with E-state index in [9.17, 15) is 4.79 Å². The standard InChI is InChI=1S/C12H23N3O/c1-8(2)6-13-12(16)14-7-9-5-10-3-4-11(9)15-10/h8-11,15H,3-7H2,1-2H3,(H2,13,14,16). The summed E-state index contributed by atoms with van der Waals surface area (Å²) < 4.78 is 0. The molecule has 0 aromatic carbocycles. The van der Waals surface area contributed by atoms with Crippen LogP contribution in [-0.4, -0.2) is 31.2 Å². The number of nitrogens with one attached hydrogen (secondary N) is 3. The first kappa shape index (κ1) is 11.7. The zero-order valence-electron chi connectivity index (χ0n) is 10.3. The van der Waals surface area contributed by atoms with Gasteiger partial charge in [0, 0.05) is 25.2 Å². The number of amides is 2. The molecule has 0 aromatic heterocycles. The summed E-state index contributed by atoms with van der Waals surface area (Å²) in [5, 5.41) is 9.43. The van der Waals surface area contributed by atoms with E-state index in [1.807, 2.05) is 0 Å². The van der Waals surface area contributed by atoms with Crippen LogP contribution in [0.3, 0.4) is 0 Å². The number of rotatable bonds is 4. The van der Waals surface area contributed by atoms with Gasteiger partial charge < -0.3 is 16.0 Å². The van der Waals surface area contributed by atoms with Crippen LogP contribution in [-0.2, 0) is 0 Å². The molecule has 0 aliphatic carbocycles. The summed E-state index contributed by atoms with van der Waals surface area (Å²) in [6.45, 7) is 5.76. The van der Waals surface area contributed by atoms with Crippen molar-refractivity contribution in [3.05, 3.63) is 0 Å². The average molecular weight is 225 g/mol. The van der Waals surface area contributed by atoms with E-state index < -0.39 is 0 Å². The zero-order chi connectivity index (χ0) is 11.5. The highest BCUT2D eigenvalue weighted by Gasteiger charge is 2.38. The van der Waals surface area contributed by atoms with E-state index in [0.29, 0.717) is 17.9 Å². The fourth-order valence-electron chi connectivity index (χ4n) is 2.75. The van der Waals surface area contributed by atoms with Crippen LogP contribution in [0.4, 0.5) is 4.79 Å². The van der Waals surface area contributed by atoms with Crippen LogP contribution in [0.2, 0.25) is 0 Å². The number of hydrogen-bond donors (Lipinski definition) is 3. The molecule has 2 saturated heterocycles. The van der Waals surface area contributed by atoms with Crippen LogP contribution in [0.1, 0.15) is 33.1 Å². The molecule has 0 saturated carbocycles. The Morgan fingerprint density at radius 1 is 1.38 bits per heavy atom. The third-order valence-corrected chi connectivity index (χ3v) is 3.63. The van der Waals surface area contributed by atoms with E-state index in [2.05, 4.69) is 29.8 Å². The molecular formula is C12H23N3O. The highest BCUT2D eigenvalue weighted by atomic mass is 16.2. The van der Waals surface area contributed by atoms with E-state index in [-0.39, 0.29) is 6.03 Å². The van der Waals surface area contributed by atoms with Crippen molar-refractivity contribution in [1.29, 1.82) is 0 Å². The van der Waals surface area contributed by atoms with Crippen molar-refractivity contribution in [3.8, 4) is 0 Å². The normalized spacial score (nSPS) is 32.1. The topological polar surface area (TPSA) is 53.2 Å². The molecule has 2 aliphatic heterocycles. The van der Waals surface area contributed by atoms with Gasteiger partial charge in [-0.15, -0.1) is 0 Å². The van der Waals surface area contributed by atoms with Crippen LogP contribution in [0.5, 0.6) is 0 Å². The summed E-state index contributed by atoms with van der Waals surface area (Å²) in [5.41, 5.74) is 0. The maximum Gasteiger partial charge on any atom is 0.314 e. The monoisotopic (exact) mass is 225 g/mol. The van der Waals surface area contributed by atoms with Crippen LogP contribution >= 0.6 is 0 Å². The molecule has 0 spiro atoms. The number of hydrogen-bond acceptors (Lipinski definition) is 2. The van der Waals surface area contributed by atoms with Gasteiger partial charge in [-0.2, -0.15) is 0 Å². The Balaban J connectivity index is 1.62. The Morgan fingerprint density at radius 2 is 2.19 bits per heavy atom. The van der Waals surface area contributed by atoms with Gasteiger partial charge in [-0.05, 0) is 31.1 Å². The number of urea groups is 1. The molecule has 3 unspecified atom stereocenters. The first-order valence-corrected chi connectivity index (χ1v) is 6.43. The van der Waals surface area contributed by atoms with Crippen molar-refractivity contribution in [2.24, 2.45) is 11.8 Å².